The fraction of sp³-hybridized carbons (Fsp3) is 0.586. The average Bonchev–Trinajstić information content (AvgIpc) is 3.21. The molecule has 8 heteroatoms. The zero-order chi connectivity index (χ0) is 26.2. The third-order valence-electron chi connectivity index (χ3n) is 9.37. The summed E-state index contributed by atoms with van der Waals surface area (Å²) < 4.78 is 42.4. The summed E-state index contributed by atoms with van der Waals surface area (Å²) in [6.45, 7) is 5.36. The molecule has 0 radical (unpaired) electrons. The average molecular weight is 527 g/mol. The van der Waals surface area contributed by atoms with E-state index in [0.717, 1.165) is 30.5 Å². The van der Waals surface area contributed by atoms with Gasteiger partial charge in [-0.3, -0.25) is 0 Å². The van der Waals surface area contributed by atoms with E-state index in [0.29, 0.717) is 30.9 Å². The fourth-order valence-electron chi connectivity index (χ4n) is 7.85. The Bertz CT molecular complexity index is 1300. The van der Waals surface area contributed by atoms with E-state index in [4.69, 9.17) is 9.47 Å². The molecule has 2 aliphatic heterocycles. The first kappa shape index (κ1) is 25.2. The molecule has 2 aromatic rings. The van der Waals surface area contributed by atoms with Gasteiger partial charge in [-0.25, -0.2) is 8.42 Å². The van der Waals surface area contributed by atoms with Crippen LogP contribution < -0.4 is 9.47 Å². The SMILES string of the molecule is COc1ccc2c3c1OC1C(N(CC(C)C)S(=O)(=O)Cc4ccccc4)CC[C@@]4(O)[C@@H](C2)N(C)CC[C@]314. The maximum atomic E-state index is 14.1. The van der Waals surface area contributed by atoms with Crippen molar-refractivity contribution in [1.29, 1.82) is 0 Å². The number of aliphatic hydroxyl groups is 1. The molecule has 1 saturated heterocycles. The molecule has 1 saturated carbocycles. The number of benzene rings is 2. The molecule has 2 fully saturated rings. The van der Waals surface area contributed by atoms with Gasteiger partial charge < -0.3 is 19.5 Å². The molecule has 4 aliphatic rings. The number of nitrogens with zero attached hydrogens (tertiary/aromatic N) is 2. The Morgan fingerprint density at radius 3 is 2.65 bits per heavy atom. The van der Waals surface area contributed by atoms with Crippen LogP contribution in [-0.2, 0) is 27.6 Å². The molecule has 200 valence electrons. The Labute approximate surface area is 220 Å². The molecule has 2 aliphatic carbocycles. The van der Waals surface area contributed by atoms with Crippen LogP contribution in [0.15, 0.2) is 42.5 Å². The van der Waals surface area contributed by atoms with Crippen molar-refractivity contribution in [3.63, 3.8) is 0 Å². The first-order chi connectivity index (χ1) is 17.6. The van der Waals surface area contributed by atoms with Gasteiger partial charge in [-0.05, 0) is 62.4 Å². The van der Waals surface area contributed by atoms with Gasteiger partial charge in [0.25, 0.3) is 0 Å². The van der Waals surface area contributed by atoms with Crippen LogP contribution in [0.4, 0.5) is 0 Å². The summed E-state index contributed by atoms with van der Waals surface area (Å²) in [5.41, 5.74) is 1.36. The van der Waals surface area contributed by atoms with Crippen molar-refractivity contribution >= 4 is 10.0 Å². The van der Waals surface area contributed by atoms with Crippen LogP contribution in [0.5, 0.6) is 11.5 Å². The molecule has 1 spiro atoms. The number of hydrogen-bond acceptors (Lipinski definition) is 6. The summed E-state index contributed by atoms with van der Waals surface area (Å²) in [6.07, 6.45) is 2.10. The van der Waals surface area contributed by atoms with Gasteiger partial charge in [0, 0.05) is 18.2 Å². The second-order valence-electron chi connectivity index (χ2n) is 11.8. The smallest absolute Gasteiger partial charge is 0.218 e. The van der Waals surface area contributed by atoms with Crippen molar-refractivity contribution in [1.82, 2.24) is 9.21 Å². The van der Waals surface area contributed by atoms with Crippen LogP contribution in [-0.4, -0.2) is 73.8 Å². The first-order valence-corrected chi connectivity index (χ1v) is 15.1. The number of piperidine rings is 1. The van der Waals surface area contributed by atoms with Crippen LogP contribution in [0.3, 0.4) is 0 Å². The Kier molecular flexibility index (Phi) is 5.91. The molecule has 2 bridgehead atoms. The van der Waals surface area contributed by atoms with Crippen molar-refractivity contribution in [2.75, 3.05) is 27.2 Å². The van der Waals surface area contributed by atoms with E-state index in [2.05, 4.69) is 31.9 Å². The number of hydrogen-bond donors (Lipinski definition) is 1. The summed E-state index contributed by atoms with van der Waals surface area (Å²) in [4.78, 5) is 2.28. The molecule has 37 heavy (non-hydrogen) atoms. The highest BCUT2D eigenvalue weighted by Crippen LogP contribution is 2.66. The normalized spacial score (nSPS) is 32.4. The van der Waals surface area contributed by atoms with Gasteiger partial charge in [-0.15, -0.1) is 0 Å². The molecule has 1 N–H and O–H groups in total. The summed E-state index contributed by atoms with van der Waals surface area (Å²) in [5, 5.41) is 12.5. The monoisotopic (exact) mass is 526 g/mol. The number of methoxy groups -OCH3 is 1. The number of likely N-dealkylation sites (tertiary alicyclic amines) is 1. The minimum Gasteiger partial charge on any atom is -0.493 e. The van der Waals surface area contributed by atoms with E-state index in [9.17, 15) is 13.5 Å². The lowest BCUT2D eigenvalue weighted by molar-refractivity contribution is -0.192. The van der Waals surface area contributed by atoms with Crippen LogP contribution in [0.2, 0.25) is 0 Å². The predicted molar refractivity (Wildman–Crippen MR) is 142 cm³/mol. The standard InChI is InChI=1S/C29H38N2O5S/c1-19(2)17-31(37(33,34)18-20-8-6-5-7-9-20)22-12-13-29(32)24-16-21-10-11-23(35-4)26-25(21)28(29,27(22)36-26)14-15-30(24)3/h5-11,19,22,24,27,32H,12-18H2,1-4H3/t22?,24-,27?,28+,29-/m1/s1. The zero-order valence-electron chi connectivity index (χ0n) is 22.2. The van der Waals surface area contributed by atoms with Crippen molar-refractivity contribution in [3.8, 4) is 11.5 Å². The minimum absolute atomic E-state index is 0.0281. The highest BCUT2D eigenvalue weighted by atomic mass is 32.2. The van der Waals surface area contributed by atoms with Crippen molar-refractivity contribution in [3.05, 3.63) is 59.2 Å². The van der Waals surface area contributed by atoms with E-state index in [-0.39, 0.29) is 23.8 Å². The van der Waals surface area contributed by atoms with Crippen LogP contribution in [0, 0.1) is 5.92 Å². The van der Waals surface area contributed by atoms with Gasteiger partial charge in [0.05, 0.1) is 29.9 Å². The summed E-state index contributed by atoms with van der Waals surface area (Å²) in [6, 6.07) is 13.1. The molecule has 0 amide bonds. The second-order valence-corrected chi connectivity index (χ2v) is 13.7. The van der Waals surface area contributed by atoms with E-state index in [1.54, 1.807) is 11.4 Å². The third-order valence-corrected chi connectivity index (χ3v) is 11.2. The second kappa shape index (κ2) is 8.70. The maximum Gasteiger partial charge on any atom is 0.218 e. The summed E-state index contributed by atoms with van der Waals surface area (Å²) >= 11 is 0. The van der Waals surface area contributed by atoms with Gasteiger partial charge in [-0.1, -0.05) is 50.2 Å². The van der Waals surface area contributed by atoms with Crippen LogP contribution in [0.1, 0.15) is 49.8 Å². The number of sulfonamides is 1. The molecular weight excluding hydrogens is 488 g/mol. The molecule has 6 rings (SSSR count). The molecule has 2 heterocycles. The lowest BCUT2D eigenvalue weighted by Gasteiger charge is -2.64. The summed E-state index contributed by atoms with van der Waals surface area (Å²) in [5.74, 6) is 1.45. The largest absolute Gasteiger partial charge is 0.493 e. The summed E-state index contributed by atoms with van der Waals surface area (Å²) in [7, 11) is 0.0815. The van der Waals surface area contributed by atoms with E-state index < -0.39 is 27.1 Å². The van der Waals surface area contributed by atoms with Crippen molar-refractivity contribution < 1.29 is 23.0 Å². The molecule has 2 unspecified atom stereocenters. The topological polar surface area (TPSA) is 79.3 Å². The Balaban J connectivity index is 1.49. The van der Waals surface area contributed by atoms with E-state index in [1.165, 1.54) is 5.56 Å². The Hall–Kier alpha value is -2.13. The fourth-order valence-corrected chi connectivity index (χ4v) is 9.79. The third kappa shape index (κ3) is 3.52. The Morgan fingerprint density at radius 2 is 1.95 bits per heavy atom. The van der Waals surface area contributed by atoms with Gasteiger partial charge >= 0.3 is 0 Å². The lowest BCUT2D eigenvalue weighted by Crippen LogP contribution is -2.78. The quantitative estimate of drug-likeness (QED) is 0.596. The molecule has 2 aromatic carbocycles. The number of rotatable bonds is 7. The first-order valence-electron chi connectivity index (χ1n) is 13.5. The Morgan fingerprint density at radius 1 is 1.19 bits per heavy atom. The number of ether oxygens (including phenoxy) is 2. The molecule has 5 atom stereocenters. The highest BCUT2D eigenvalue weighted by molar-refractivity contribution is 7.88. The van der Waals surface area contributed by atoms with Crippen LogP contribution in [0.25, 0.3) is 0 Å². The molecular formula is C29H38N2O5S. The maximum absolute atomic E-state index is 14.1. The minimum atomic E-state index is -3.65. The van der Waals surface area contributed by atoms with Gasteiger partial charge in [0.2, 0.25) is 10.0 Å². The van der Waals surface area contributed by atoms with Crippen molar-refractivity contribution in [2.24, 2.45) is 5.92 Å². The van der Waals surface area contributed by atoms with Crippen molar-refractivity contribution in [2.45, 2.75) is 74.5 Å². The zero-order valence-corrected chi connectivity index (χ0v) is 23.0. The van der Waals surface area contributed by atoms with Gasteiger partial charge in [-0.2, -0.15) is 4.31 Å². The highest BCUT2D eigenvalue weighted by Gasteiger charge is 2.73. The number of likely N-dealkylation sites (N-methyl/N-ethyl adjacent to an activating group) is 1. The van der Waals surface area contributed by atoms with E-state index in [1.807, 2.05) is 36.4 Å². The lowest BCUT2D eigenvalue weighted by atomic mass is 9.48. The predicted octanol–water partition coefficient (Wildman–Crippen LogP) is 3.34. The van der Waals surface area contributed by atoms with Gasteiger partial charge in [0.1, 0.15) is 6.10 Å². The van der Waals surface area contributed by atoms with Gasteiger partial charge in [0.15, 0.2) is 11.5 Å². The molecule has 0 aromatic heterocycles. The van der Waals surface area contributed by atoms with Crippen LogP contribution >= 0.6 is 0 Å². The molecule has 7 nitrogen and oxygen atoms in total. The van der Waals surface area contributed by atoms with E-state index >= 15 is 0 Å².